The Kier molecular flexibility index (Phi) is 4.00. The minimum Gasteiger partial charge on any atom is -0.370 e. The highest BCUT2D eigenvalue weighted by atomic mass is 32.1. The fraction of sp³-hybridized carbons (Fsp3) is 0.600. The SMILES string of the molecule is Cc1nc2sc3c(c2c2nc(C(=O)N4CCC(C)CC4)nn12)CC(C)(C)OC3. The third kappa shape index (κ3) is 2.81. The summed E-state index contributed by atoms with van der Waals surface area (Å²) in [6.07, 6.45) is 2.89. The number of hydrogen-bond donors (Lipinski definition) is 0. The van der Waals surface area contributed by atoms with E-state index in [-0.39, 0.29) is 17.3 Å². The second-order valence-corrected chi connectivity index (χ2v) is 9.80. The molecule has 0 atom stereocenters. The Hall–Kier alpha value is -2.06. The van der Waals surface area contributed by atoms with Crippen LogP contribution in [0.2, 0.25) is 0 Å². The standard InChI is InChI=1S/C20H25N5O2S/c1-11-5-7-24(8-6-11)19(26)16-22-17-15-13-9-20(3,4)27-10-14(13)28-18(15)21-12(2)25(17)23-16/h11H,5-10H2,1-4H3. The summed E-state index contributed by atoms with van der Waals surface area (Å²) in [4.78, 5) is 26.5. The normalized spacial score (nSPS) is 20.1. The van der Waals surface area contributed by atoms with Gasteiger partial charge in [-0.15, -0.1) is 16.4 Å². The number of thiophene rings is 1. The van der Waals surface area contributed by atoms with E-state index in [1.54, 1.807) is 15.9 Å². The van der Waals surface area contributed by atoms with Crippen LogP contribution in [0.25, 0.3) is 15.9 Å². The van der Waals surface area contributed by atoms with Gasteiger partial charge in [-0.1, -0.05) is 6.92 Å². The van der Waals surface area contributed by atoms with Gasteiger partial charge >= 0.3 is 0 Å². The molecule has 28 heavy (non-hydrogen) atoms. The smallest absolute Gasteiger partial charge is 0.293 e. The fourth-order valence-corrected chi connectivity index (χ4v) is 5.33. The van der Waals surface area contributed by atoms with Gasteiger partial charge in [0.2, 0.25) is 5.82 Å². The number of piperidine rings is 1. The molecule has 0 unspecified atom stereocenters. The lowest BCUT2D eigenvalue weighted by Gasteiger charge is -2.30. The van der Waals surface area contributed by atoms with Crippen molar-refractivity contribution in [3.05, 3.63) is 22.1 Å². The van der Waals surface area contributed by atoms with Gasteiger partial charge in [0.05, 0.1) is 17.6 Å². The molecule has 3 aromatic heterocycles. The molecule has 0 aliphatic carbocycles. The zero-order valence-electron chi connectivity index (χ0n) is 16.8. The predicted molar refractivity (Wildman–Crippen MR) is 108 cm³/mol. The minimum atomic E-state index is -0.216. The molecule has 1 saturated heterocycles. The van der Waals surface area contributed by atoms with Gasteiger partial charge in [0, 0.05) is 24.4 Å². The summed E-state index contributed by atoms with van der Waals surface area (Å²) in [5, 5.41) is 5.58. The topological polar surface area (TPSA) is 72.6 Å². The van der Waals surface area contributed by atoms with E-state index in [0.717, 1.165) is 54.0 Å². The summed E-state index contributed by atoms with van der Waals surface area (Å²) >= 11 is 1.66. The van der Waals surface area contributed by atoms with Crippen molar-refractivity contribution in [3.8, 4) is 0 Å². The Labute approximate surface area is 167 Å². The van der Waals surface area contributed by atoms with Crippen LogP contribution in [0.5, 0.6) is 0 Å². The molecule has 0 bridgehead atoms. The van der Waals surface area contributed by atoms with Gasteiger partial charge in [0.25, 0.3) is 5.91 Å². The quantitative estimate of drug-likeness (QED) is 0.627. The summed E-state index contributed by atoms with van der Waals surface area (Å²) in [5.41, 5.74) is 1.77. The molecule has 3 aromatic rings. The first-order chi connectivity index (χ1) is 13.3. The molecule has 0 N–H and O–H groups in total. The zero-order chi connectivity index (χ0) is 19.6. The van der Waals surface area contributed by atoms with E-state index in [1.165, 1.54) is 10.4 Å². The summed E-state index contributed by atoms with van der Waals surface area (Å²) in [7, 11) is 0. The number of carbonyl (C=O) groups is 1. The molecule has 148 valence electrons. The average Bonchev–Trinajstić information content (AvgIpc) is 3.22. The number of aryl methyl sites for hydroxylation is 1. The van der Waals surface area contributed by atoms with Crippen molar-refractivity contribution in [1.29, 1.82) is 0 Å². The molecular weight excluding hydrogens is 374 g/mol. The van der Waals surface area contributed by atoms with Crippen LogP contribution in [-0.2, 0) is 17.8 Å². The Morgan fingerprint density at radius 1 is 1.25 bits per heavy atom. The Morgan fingerprint density at radius 2 is 2.00 bits per heavy atom. The maximum atomic E-state index is 13.0. The lowest BCUT2D eigenvalue weighted by molar-refractivity contribution is -0.0379. The van der Waals surface area contributed by atoms with Gasteiger partial charge in [-0.05, 0) is 45.1 Å². The summed E-state index contributed by atoms with van der Waals surface area (Å²) < 4.78 is 7.71. The molecule has 2 aliphatic heterocycles. The van der Waals surface area contributed by atoms with Crippen LogP contribution in [0.4, 0.5) is 0 Å². The van der Waals surface area contributed by atoms with Crippen molar-refractivity contribution in [2.24, 2.45) is 5.92 Å². The molecule has 0 radical (unpaired) electrons. The molecule has 5 heterocycles. The van der Waals surface area contributed by atoms with Crippen molar-refractivity contribution < 1.29 is 9.53 Å². The first-order valence-corrected chi connectivity index (χ1v) is 10.7. The highest BCUT2D eigenvalue weighted by molar-refractivity contribution is 7.19. The van der Waals surface area contributed by atoms with Crippen molar-refractivity contribution in [2.75, 3.05) is 13.1 Å². The van der Waals surface area contributed by atoms with E-state index in [1.807, 2.05) is 11.8 Å². The summed E-state index contributed by atoms with van der Waals surface area (Å²) in [6.45, 7) is 10.5. The van der Waals surface area contributed by atoms with Gasteiger partial charge < -0.3 is 9.64 Å². The highest BCUT2D eigenvalue weighted by Crippen LogP contribution is 2.39. The van der Waals surface area contributed by atoms with Gasteiger partial charge in [-0.25, -0.2) is 9.97 Å². The van der Waals surface area contributed by atoms with Crippen LogP contribution in [0.3, 0.4) is 0 Å². The molecule has 7 nitrogen and oxygen atoms in total. The molecule has 2 aliphatic rings. The van der Waals surface area contributed by atoms with E-state index in [2.05, 4.69) is 25.9 Å². The molecule has 0 spiro atoms. The third-order valence-corrected chi connectivity index (χ3v) is 7.03. The van der Waals surface area contributed by atoms with E-state index < -0.39 is 0 Å². The number of likely N-dealkylation sites (tertiary alicyclic amines) is 1. The number of carbonyl (C=O) groups excluding carboxylic acids is 1. The monoisotopic (exact) mass is 399 g/mol. The van der Waals surface area contributed by atoms with Crippen molar-refractivity contribution >= 4 is 33.1 Å². The van der Waals surface area contributed by atoms with Crippen LogP contribution >= 0.6 is 11.3 Å². The molecule has 0 aromatic carbocycles. The van der Waals surface area contributed by atoms with Crippen molar-refractivity contribution in [2.45, 2.75) is 59.2 Å². The number of nitrogens with zero attached hydrogens (tertiary/aromatic N) is 5. The molecule has 0 saturated carbocycles. The number of hydrogen-bond acceptors (Lipinski definition) is 6. The molecule has 1 fully saturated rings. The minimum absolute atomic E-state index is 0.0732. The van der Waals surface area contributed by atoms with Crippen LogP contribution in [0.1, 0.15) is 60.5 Å². The molecule has 8 heteroatoms. The second kappa shape index (κ2) is 6.22. The molecule has 1 amide bonds. The van der Waals surface area contributed by atoms with Crippen molar-refractivity contribution in [1.82, 2.24) is 24.5 Å². The second-order valence-electron chi connectivity index (χ2n) is 8.71. The van der Waals surface area contributed by atoms with Crippen LogP contribution in [0.15, 0.2) is 0 Å². The fourth-order valence-electron chi connectivity index (χ4n) is 4.19. The summed E-state index contributed by atoms with van der Waals surface area (Å²) in [5.74, 6) is 1.63. The van der Waals surface area contributed by atoms with Crippen LogP contribution in [-0.4, -0.2) is 49.1 Å². The zero-order valence-corrected chi connectivity index (χ0v) is 17.6. The van der Waals surface area contributed by atoms with Crippen molar-refractivity contribution in [3.63, 3.8) is 0 Å². The van der Waals surface area contributed by atoms with E-state index >= 15 is 0 Å². The number of aromatic nitrogens is 4. The number of ether oxygens (including phenoxy) is 1. The number of rotatable bonds is 1. The summed E-state index contributed by atoms with van der Waals surface area (Å²) in [6, 6.07) is 0. The van der Waals surface area contributed by atoms with Crippen LogP contribution < -0.4 is 0 Å². The first-order valence-electron chi connectivity index (χ1n) is 9.93. The number of amides is 1. The van der Waals surface area contributed by atoms with Gasteiger partial charge in [-0.2, -0.15) is 4.52 Å². The maximum Gasteiger partial charge on any atom is 0.293 e. The highest BCUT2D eigenvalue weighted by Gasteiger charge is 2.32. The van der Waals surface area contributed by atoms with E-state index in [9.17, 15) is 4.79 Å². The van der Waals surface area contributed by atoms with E-state index in [0.29, 0.717) is 12.5 Å². The van der Waals surface area contributed by atoms with Gasteiger partial charge in [0.1, 0.15) is 10.7 Å². The lowest BCUT2D eigenvalue weighted by atomic mass is 9.94. The lowest BCUT2D eigenvalue weighted by Crippen LogP contribution is -2.38. The van der Waals surface area contributed by atoms with Crippen LogP contribution in [0, 0.1) is 12.8 Å². The Morgan fingerprint density at radius 3 is 2.75 bits per heavy atom. The molecular formula is C20H25N5O2S. The van der Waals surface area contributed by atoms with Gasteiger partial charge in [0.15, 0.2) is 5.65 Å². The van der Waals surface area contributed by atoms with E-state index in [4.69, 9.17) is 14.7 Å². The average molecular weight is 400 g/mol. The predicted octanol–water partition coefficient (Wildman–Crippen LogP) is 3.37. The van der Waals surface area contributed by atoms with Gasteiger partial charge in [-0.3, -0.25) is 4.79 Å². The maximum absolute atomic E-state index is 13.0. The first kappa shape index (κ1) is 18.0. The Balaban J connectivity index is 1.63. The third-order valence-electron chi connectivity index (χ3n) is 5.93. The largest absolute Gasteiger partial charge is 0.370 e. The number of fused-ring (bicyclic) bond motifs is 5. The Bertz CT molecular complexity index is 1090. The molecule has 5 rings (SSSR count).